The number of carbonyl (C=O) groups is 1. The molecule has 4 aromatic rings. The maximum atomic E-state index is 12.0. The Hall–Kier alpha value is -3.86. The summed E-state index contributed by atoms with van der Waals surface area (Å²) in [5.74, 6) is 1.91. The molecule has 2 aromatic carbocycles. The number of rotatable bonds is 5. The second-order valence-electron chi connectivity index (χ2n) is 7.73. The van der Waals surface area contributed by atoms with Crippen molar-refractivity contribution >= 4 is 11.4 Å². The molecule has 0 saturated carbocycles. The summed E-state index contributed by atoms with van der Waals surface area (Å²) in [5.41, 5.74) is 4.55. The number of amides is 1. The van der Waals surface area contributed by atoms with Gasteiger partial charge in [-0.05, 0) is 72.2 Å². The van der Waals surface area contributed by atoms with E-state index in [9.17, 15) is 4.79 Å². The predicted molar refractivity (Wildman–Crippen MR) is 121 cm³/mol. The molecule has 2 aromatic heterocycles. The third kappa shape index (κ3) is 3.70. The van der Waals surface area contributed by atoms with Crippen LogP contribution in [0, 0.1) is 0 Å². The Balaban J connectivity index is 1.45. The molecule has 1 aliphatic rings. The van der Waals surface area contributed by atoms with Crippen molar-refractivity contribution in [2.24, 2.45) is 0 Å². The Bertz CT molecular complexity index is 1230. The molecule has 5 rings (SSSR count). The summed E-state index contributed by atoms with van der Waals surface area (Å²) in [5, 5.41) is 0. The minimum atomic E-state index is 0.00177. The van der Waals surface area contributed by atoms with Gasteiger partial charge in [0.05, 0.1) is 17.5 Å². The molecule has 3 heterocycles. The van der Waals surface area contributed by atoms with Gasteiger partial charge in [0, 0.05) is 25.2 Å². The number of para-hydroxylation sites is 1. The number of nitrogens with zero attached hydrogens (tertiary/aromatic N) is 3. The van der Waals surface area contributed by atoms with E-state index in [1.54, 1.807) is 0 Å². The zero-order valence-corrected chi connectivity index (χ0v) is 17.1. The highest BCUT2D eigenvalue weighted by atomic mass is 16.5. The molecule has 1 fully saturated rings. The van der Waals surface area contributed by atoms with Crippen molar-refractivity contribution in [3.05, 3.63) is 97.5 Å². The Kier molecular flexibility index (Phi) is 5.00. The first-order valence-electron chi connectivity index (χ1n) is 10.4. The summed E-state index contributed by atoms with van der Waals surface area (Å²) < 4.78 is 8.05. The van der Waals surface area contributed by atoms with Crippen molar-refractivity contribution in [1.29, 1.82) is 0 Å². The van der Waals surface area contributed by atoms with Gasteiger partial charge in [0.15, 0.2) is 0 Å². The minimum absolute atomic E-state index is 0.00177. The van der Waals surface area contributed by atoms with Crippen molar-refractivity contribution in [2.75, 3.05) is 13.1 Å². The maximum Gasteiger partial charge on any atom is 0.245 e. The fraction of sp³-hybridized carbons (Fsp3) is 0.154. The molecule has 1 aliphatic heterocycles. The number of hydrogen-bond donors (Lipinski definition) is 0. The van der Waals surface area contributed by atoms with Gasteiger partial charge in [-0.15, -0.1) is 0 Å². The molecule has 1 atom stereocenters. The summed E-state index contributed by atoms with van der Waals surface area (Å²) in [4.78, 5) is 18.2. The van der Waals surface area contributed by atoms with Crippen LogP contribution in [-0.2, 0) is 4.79 Å². The number of ether oxygens (including phenoxy) is 1. The lowest BCUT2D eigenvalue weighted by Crippen LogP contribution is -2.26. The van der Waals surface area contributed by atoms with Crippen LogP contribution in [0.4, 0.5) is 0 Å². The molecule has 0 radical (unpaired) electrons. The number of likely N-dealkylation sites (tertiary alicyclic amines) is 1. The lowest BCUT2D eigenvalue weighted by atomic mass is 9.99. The van der Waals surface area contributed by atoms with Crippen LogP contribution in [0.3, 0.4) is 0 Å². The molecule has 0 aliphatic carbocycles. The smallest absolute Gasteiger partial charge is 0.245 e. The van der Waals surface area contributed by atoms with Gasteiger partial charge in [-0.3, -0.25) is 4.79 Å². The van der Waals surface area contributed by atoms with Crippen LogP contribution >= 0.6 is 0 Å². The Morgan fingerprint density at radius 2 is 1.84 bits per heavy atom. The Morgan fingerprint density at radius 3 is 2.61 bits per heavy atom. The zero-order valence-electron chi connectivity index (χ0n) is 17.1. The van der Waals surface area contributed by atoms with E-state index in [0.29, 0.717) is 5.92 Å². The van der Waals surface area contributed by atoms with E-state index in [1.165, 1.54) is 11.6 Å². The number of fused-ring (bicyclic) bond motifs is 1. The van der Waals surface area contributed by atoms with E-state index in [-0.39, 0.29) is 5.91 Å². The monoisotopic (exact) mass is 409 g/mol. The Morgan fingerprint density at radius 1 is 1.06 bits per heavy atom. The minimum Gasteiger partial charge on any atom is -0.457 e. The van der Waals surface area contributed by atoms with Gasteiger partial charge >= 0.3 is 0 Å². The molecule has 1 unspecified atom stereocenters. The summed E-state index contributed by atoms with van der Waals surface area (Å²) in [6.45, 7) is 5.10. The molecule has 5 nitrogen and oxygen atoms in total. The quantitative estimate of drug-likeness (QED) is 0.421. The van der Waals surface area contributed by atoms with Crippen LogP contribution in [0.1, 0.15) is 17.9 Å². The van der Waals surface area contributed by atoms with E-state index in [1.807, 2.05) is 66.0 Å². The van der Waals surface area contributed by atoms with E-state index >= 15 is 0 Å². The van der Waals surface area contributed by atoms with Crippen molar-refractivity contribution in [1.82, 2.24) is 14.3 Å². The van der Waals surface area contributed by atoms with Crippen LogP contribution in [0.2, 0.25) is 0 Å². The molecular weight excluding hydrogens is 386 g/mol. The van der Waals surface area contributed by atoms with Crippen molar-refractivity contribution in [2.45, 2.75) is 12.3 Å². The fourth-order valence-electron chi connectivity index (χ4n) is 4.29. The first-order chi connectivity index (χ1) is 15.2. The first-order valence-corrected chi connectivity index (χ1v) is 10.4. The molecular formula is C26H23N3O2. The second kappa shape index (κ2) is 8.11. The zero-order chi connectivity index (χ0) is 21.2. The van der Waals surface area contributed by atoms with Crippen LogP contribution in [-0.4, -0.2) is 33.3 Å². The molecule has 1 amide bonds. The van der Waals surface area contributed by atoms with Gasteiger partial charge in [-0.25, -0.2) is 4.98 Å². The normalized spacial score (nSPS) is 15.9. The van der Waals surface area contributed by atoms with Gasteiger partial charge in [-0.2, -0.15) is 0 Å². The fourth-order valence-corrected chi connectivity index (χ4v) is 4.29. The molecule has 0 N–H and O–H groups in total. The Labute approximate surface area is 181 Å². The number of benzene rings is 2. The van der Waals surface area contributed by atoms with Crippen LogP contribution in [0.15, 0.2) is 91.9 Å². The average molecular weight is 409 g/mol. The summed E-state index contributed by atoms with van der Waals surface area (Å²) in [6, 6.07) is 22.1. The molecule has 1 saturated heterocycles. The largest absolute Gasteiger partial charge is 0.457 e. The number of aromatic nitrogens is 2. The first kappa shape index (κ1) is 19.1. The van der Waals surface area contributed by atoms with Gasteiger partial charge < -0.3 is 14.0 Å². The van der Waals surface area contributed by atoms with Gasteiger partial charge in [0.1, 0.15) is 11.5 Å². The molecule has 31 heavy (non-hydrogen) atoms. The summed E-state index contributed by atoms with van der Waals surface area (Å²) >= 11 is 0. The number of carbonyl (C=O) groups excluding carboxylic acids is 1. The molecule has 154 valence electrons. The van der Waals surface area contributed by atoms with Gasteiger partial charge in [-0.1, -0.05) is 24.8 Å². The van der Waals surface area contributed by atoms with Gasteiger partial charge in [0.2, 0.25) is 5.91 Å². The van der Waals surface area contributed by atoms with E-state index < -0.39 is 0 Å². The highest BCUT2D eigenvalue weighted by Gasteiger charge is 2.28. The predicted octanol–water partition coefficient (Wildman–Crippen LogP) is 5.30. The molecule has 0 bridgehead atoms. The van der Waals surface area contributed by atoms with Crippen LogP contribution in [0.5, 0.6) is 11.5 Å². The maximum absolute atomic E-state index is 12.0. The third-order valence-corrected chi connectivity index (χ3v) is 5.85. The van der Waals surface area contributed by atoms with Crippen molar-refractivity contribution < 1.29 is 9.53 Å². The standard InChI is InChI=1S/C26H23N3O2/c1-2-26(30)28-15-13-20(17-28)23-16-25(29-18-27-14-12-24(23)29)19-8-10-22(11-9-19)31-21-6-4-3-5-7-21/h2-12,14,16,18,20H,1,13,15,17H2. The van der Waals surface area contributed by atoms with Gasteiger partial charge in [0.25, 0.3) is 0 Å². The summed E-state index contributed by atoms with van der Waals surface area (Å²) in [7, 11) is 0. The lowest BCUT2D eigenvalue weighted by molar-refractivity contribution is -0.125. The summed E-state index contributed by atoms with van der Waals surface area (Å²) in [6.07, 6.45) is 6.02. The lowest BCUT2D eigenvalue weighted by Gasteiger charge is -2.13. The number of hydrogen-bond acceptors (Lipinski definition) is 3. The highest BCUT2D eigenvalue weighted by molar-refractivity contribution is 5.87. The SMILES string of the molecule is C=CC(=O)N1CCC(c2cc(-c3ccc(Oc4ccccc4)cc3)n3cnccc23)C1. The molecule has 0 spiro atoms. The second-order valence-corrected chi connectivity index (χ2v) is 7.73. The van der Waals surface area contributed by atoms with E-state index in [0.717, 1.165) is 47.8 Å². The average Bonchev–Trinajstić information content (AvgIpc) is 3.45. The third-order valence-electron chi connectivity index (χ3n) is 5.85. The van der Waals surface area contributed by atoms with E-state index in [2.05, 4.69) is 34.2 Å². The van der Waals surface area contributed by atoms with Crippen molar-refractivity contribution in [3.8, 4) is 22.8 Å². The van der Waals surface area contributed by atoms with E-state index in [4.69, 9.17) is 4.74 Å². The molecule has 5 heteroatoms. The highest BCUT2D eigenvalue weighted by Crippen LogP contribution is 2.36. The van der Waals surface area contributed by atoms with Crippen molar-refractivity contribution in [3.63, 3.8) is 0 Å². The van der Waals surface area contributed by atoms with Crippen LogP contribution < -0.4 is 4.74 Å². The topological polar surface area (TPSA) is 46.8 Å². The van der Waals surface area contributed by atoms with Crippen LogP contribution in [0.25, 0.3) is 16.8 Å².